The molecule has 3 N–H and O–H groups in total. The smallest absolute Gasteiger partial charge is 0.262 e. The van der Waals surface area contributed by atoms with Crippen LogP contribution in [0, 0.1) is 11.8 Å². The van der Waals surface area contributed by atoms with Gasteiger partial charge in [0.1, 0.15) is 41.6 Å². The van der Waals surface area contributed by atoms with Crippen molar-refractivity contribution in [3.8, 4) is 22.8 Å². The molecule has 15 heteroatoms. The first-order chi connectivity index (χ1) is 28.7. The summed E-state index contributed by atoms with van der Waals surface area (Å²) in [5.74, 6) is 0.0909. The van der Waals surface area contributed by atoms with Crippen molar-refractivity contribution in [2.75, 3.05) is 36.8 Å². The number of imide groups is 2. The van der Waals surface area contributed by atoms with Crippen molar-refractivity contribution in [3.63, 3.8) is 0 Å². The molecule has 0 spiro atoms. The van der Waals surface area contributed by atoms with Gasteiger partial charge in [-0.15, -0.1) is 0 Å². The van der Waals surface area contributed by atoms with E-state index in [1.807, 2.05) is 65.3 Å². The normalized spacial score (nSPS) is 25.3. The molecular weight excluding hydrogens is 754 g/mol. The maximum absolute atomic E-state index is 16.1. The number of likely N-dealkylation sites (tertiary alicyclic amines) is 1. The summed E-state index contributed by atoms with van der Waals surface area (Å²) in [6, 6.07) is 21.9. The number of para-hydroxylation sites is 1. The van der Waals surface area contributed by atoms with Crippen molar-refractivity contribution in [2.24, 2.45) is 11.8 Å². The van der Waals surface area contributed by atoms with Crippen molar-refractivity contribution in [2.45, 2.75) is 69.2 Å². The zero-order valence-electron chi connectivity index (χ0n) is 32.4. The molecule has 4 aliphatic heterocycles. The highest BCUT2D eigenvalue weighted by Gasteiger charge is 2.46. The third-order valence-corrected chi connectivity index (χ3v) is 13.1. The summed E-state index contributed by atoms with van der Waals surface area (Å²) in [7, 11) is 0. The van der Waals surface area contributed by atoms with Gasteiger partial charge in [-0.1, -0.05) is 18.2 Å². The Kier molecular flexibility index (Phi) is 9.34. The summed E-state index contributed by atoms with van der Waals surface area (Å²) in [4.78, 5) is 64.9. The number of rotatable bonds is 8. The van der Waals surface area contributed by atoms with E-state index in [1.54, 1.807) is 12.1 Å². The Morgan fingerprint density at radius 2 is 1.53 bits per heavy atom. The second kappa shape index (κ2) is 14.9. The van der Waals surface area contributed by atoms with E-state index in [9.17, 15) is 19.2 Å². The van der Waals surface area contributed by atoms with Gasteiger partial charge in [-0.05, 0) is 112 Å². The van der Waals surface area contributed by atoms with Gasteiger partial charge in [-0.25, -0.2) is 19.0 Å². The lowest BCUT2D eigenvalue weighted by atomic mass is 9.73. The Hall–Kier alpha value is -6.22. The molecule has 6 heterocycles. The summed E-state index contributed by atoms with van der Waals surface area (Å²) >= 11 is 0. The Morgan fingerprint density at radius 1 is 0.780 bits per heavy atom. The average molecular weight is 798 g/mol. The van der Waals surface area contributed by atoms with E-state index in [2.05, 4.69) is 25.1 Å². The van der Waals surface area contributed by atoms with Gasteiger partial charge in [0.25, 0.3) is 11.8 Å². The third-order valence-electron chi connectivity index (χ3n) is 13.1. The highest BCUT2D eigenvalue weighted by atomic mass is 19.1. The second-order valence-corrected chi connectivity index (χ2v) is 16.5. The van der Waals surface area contributed by atoms with Crippen molar-refractivity contribution in [3.05, 3.63) is 90.3 Å². The lowest BCUT2D eigenvalue weighted by molar-refractivity contribution is -0.136. The number of carbonyl (C=O) groups is 4. The van der Waals surface area contributed by atoms with E-state index < -0.39 is 35.8 Å². The number of nitrogen functional groups attached to an aromatic ring is 1. The number of aromatic nitrogens is 4. The highest BCUT2D eigenvalue weighted by Crippen LogP contribution is 2.43. The maximum Gasteiger partial charge on any atom is 0.262 e. The van der Waals surface area contributed by atoms with Gasteiger partial charge >= 0.3 is 0 Å². The average Bonchev–Trinajstić information content (AvgIpc) is 3.73. The maximum atomic E-state index is 16.1. The summed E-state index contributed by atoms with van der Waals surface area (Å²) < 4.78 is 24.1. The minimum Gasteiger partial charge on any atom is -0.457 e. The number of anilines is 2. The molecule has 5 aliphatic rings. The summed E-state index contributed by atoms with van der Waals surface area (Å²) in [5.41, 5.74) is 10.1. The number of piperidine rings is 2. The monoisotopic (exact) mass is 797 g/mol. The van der Waals surface area contributed by atoms with Crippen LogP contribution in [0.4, 0.5) is 15.9 Å². The topological polar surface area (TPSA) is 169 Å². The first kappa shape index (κ1) is 37.1. The first-order valence-electron chi connectivity index (χ1n) is 20.5. The quantitative estimate of drug-likeness (QED) is 0.189. The van der Waals surface area contributed by atoms with Crippen LogP contribution in [-0.4, -0.2) is 97.6 Å². The summed E-state index contributed by atoms with van der Waals surface area (Å²) in [5, 5.41) is 8.05. The van der Waals surface area contributed by atoms with Gasteiger partial charge in [0.2, 0.25) is 11.8 Å². The fourth-order valence-corrected chi connectivity index (χ4v) is 9.89. The van der Waals surface area contributed by atoms with Crippen LogP contribution in [-0.2, 0) is 9.59 Å². The van der Waals surface area contributed by atoms with Gasteiger partial charge in [0, 0.05) is 43.3 Å². The molecular formula is C44H44FN9O5. The fourth-order valence-electron chi connectivity index (χ4n) is 9.89. The molecule has 59 heavy (non-hydrogen) atoms. The predicted molar refractivity (Wildman–Crippen MR) is 216 cm³/mol. The summed E-state index contributed by atoms with van der Waals surface area (Å²) in [6.45, 7) is 2.62. The standard InChI is InChI=1S/C44H44FN9O5/c45-35-23-51(29-21-52(22-29)28-12-15-33-34(20-28)44(58)53(43(33)57)36-16-17-37(55)49-42(36)56)19-18-32(35)25-6-10-27(11-7-25)54-41-38(40(46)47-24-48-41)39(50-54)26-8-13-31(14-9-26)59-30-4-2-1-3-5-30/h1-5,8-9,12-15,20,24-25,27,29,32,35-36H,6-7,10-11,16-19,21-23H2,(H2,46,47,48)(H,49,55,56). The molecule has 0 radical (unpaired) electrons. The fraction of sp³-hybridized carbons (Fsp3) is 0.386. The van der Waals surface area contributed by atoms with Crippen LogP contribution in [0.1, 0.15) is 71.7 Å². The number of ether oxygens (including phenoxy) is 1. The lowest BCUT2D eigenvalue weighted by Gasteiger charge is -2.50. The highest BCUT2D eigenvalue weighted by molar-refractivity contribution is 6.23. The van der Waals surface area contributed by atoms with E-state index in [1.165, 1.54) is 6.33 Å². The largest absolute Gasteiger partial charge is 0.457 e. The number of fused-ring (bicyclic) bond motifs is 2. The molecule has 3 saturated heterocycles. The molecule has 2 aromatic heterocycles. The van der Waals surface area contributed by atoms with Gasteiger partial charge in [-0.2, -0.15) is 5.10 Å². The molecule has 0 bridgehead atoms. The van der Waals surface area contributed by atoms with Crippen molar-refractivity contribution < 1.29 is 28.3 Å². The number of nitrogens with two attached hydrogens (primary N) is 1. The zero-order valence-corrected chi connectivity index (χ0v) is 32.4. The van der Waals surface area contributed by atoms with Crippen LogP contribution in [0.15, 0.2) is 79.1 Å². The number of hydrogen-bond donors (Lipinski definition) is 2. The minimum absolute atomic E-state index is 0.00969. The minimum atomic E-state index is -1.000. The van der Waals surface area contributed by atoms with Crippen LogP contribution in [0.25, 0.3) is 22.3 Å². The molecule has 3 unspecified atom stereocenters. The molecule has 3 atom stereocenters. The molecule has 1 saturated carbocycles. The first-order valence-corrected chi connectivity index (χ1v) is 20.5. The number of amides is 4. The van der Waals surface area contributed by atoms with Crippen molar-refractivity contribution >= 4 is 46.2 Å². The van der Waals surface area contributed by atoms with Crippen LogP contribution in [0.5, 0.6) is 11.5 Å². The van der Waals surface area contributed by atoms with Gasteiger partial charge in [-0.3, -0.25) is 34.3 Å². The van der Waals surface area contributed by atoms with Crippen LogP contribution in [0.2, 0.25) is 0 Å². The molecule has 4 fully saturated rings. The molecule has 14 nitrogen and oxygen atoms in total. The number of benzene rings is 3. The SMILES string of the molecule is Nc1ncnc2c1c(-c1ccc(Oc3ccccc3)cc1)nn2C1CCC(C2CCN(C3CN(c4ccc5c(c4)C(=O)N(C4CCC(=O)NC4=O)C5=O)C3)CC2F)CC1. The van der Waals surface area contributed by atoms with Crippen LogP contribution in [0.3, 0.4) is 0 Å². The summed E-state index contributed by atoms with van der Waals surface area (Å²) in [6.07, 6.45) is 5.14. The number of nitrogens with zero attached hydrogens (tertiary/aromatic N) is 7. The Bertz CT molecular complexity index is 2460. The number of nitrogens with one attached hydrogen (secondary N) is 1. The van der Waals surface area contributed by atoms with Crippen LogP contribution < -0.4 is 20.7 Å². The zero-order chi connectivity index (χ0) is 40.4. The molecule has 3 aromatic carbocycles. The van der Waals surface area contributed by atoms with E-state index >= 15 is 4.39 Å². The Balaban J connectivity index is 0.745. The number of hydrogen-bond acceptors (Lipinski definition) is 11. The van der Waals surface area contributed by atoms with E-state index in [0.29, 0.717) is 42.8 Å². The van der Waals surface area contributed by atoms with E-state index in [4.69, 9.17) is 15.6 Å². The Morgan fingerprint density at radius 3 is 2.27 bits per heavy atom. The van der Waals surface area contributed by atoms with Gasteiger partial charge in [0.05, 0.1) is 22.6 Å². The molecule has 1 aliphatic carbocycles. The molecule has 5 aromatic rings. The third kappa shape index (κ3) is 6.66. The number of carbonyl (C=O) groups excluding carboxylic acids is 4. The predicted octanol–water partition coefficient (Wildman–Crippen LogP) is 5.55. The van der Waals surface area contributed by atoms with Crippen molar-refractivity contribution in [1.82, 2.24) is 34.9 Å². The molecule has 4 amide bonds. The van der Waals surface area contributed by atoms with Gasteiger partial charge in [0.15, 0.2) is 5.65 Å². The van der Waals surface area contributed by atoms with Crippen LogP contribution >= 0.6 is 0 Å². The number of halogens is 1. The van der Waals surface area contributed by atoms with E-state index in [-0.39, 0.29) is 42.0 Å². The molecule has 302 valence electrons. The number of alkyl halides is 1. The van der Waals surface area contributed by atoms with Crippen molar-refractivity contribution in [1.29, 1.82) is 0 Å². The second-order valence-electron chi connectivity index (χ2n) is 16.5. The lowest BCUT2D eigenvalue weighted by Crippen LogP contribution is -2.62. The van der Waals surface area contributed by atoms with Gasteiger partial charge < -0.3 is 15.4 Å². The molecule has 10 rings (SSSR count). The Labute approximate surface area is 339 Å². The van der Waals surface area contributed by atoms with E-state index in [0.717, 1.165) is 71.6 Å².